The average molecular weight is 276 g/mol. The lowest BCUT2D eigenvalue weighted by Gasteiger charge is -2.18. The Labute approximate surface area is 118 Å². The summed E-state index contributed by atoms with van der Waals surface area (Å²) >= 11 is 0. The van der Waals surface area contributed by atoms with Gasteiger partial charge in [0.2, 0.25) is 0 Å². The van der Waals surface area contributed by atoms with Crippen LogP contribution in [0.25, 0.3) is 0 Å². The van der Waals surface area contributed by atoms with E-state index in [2.05, 4.69) is 5.16 Å². The third-order valence-corrected chi connectivity index (χ3v) is 3.07. The molecule has 1 amide bonds. The summed E-state index contributed by atoms with van der Waals surface area (Å²) in [6.07, 6.45) is 1.78. The van der Waals surface area contributed by atoms with Crippen molar-refractivity contribution in [2.45, 2.75) is 33.4 Å². The van der Waals surface area contributed by atoms with E-state index in [1.165, 1.54) is 0 Å². The zero-order valence-corrected chi connectivity index (χ0v) is 12.3. The van der Waals surface area contributed by atoms with Crippen LogP contribution >= 0.6 is 0 Å². The molecule has 6 nitrogen and oxygen atoms in total. The van der Waals surface area contributed by atoms with Gasteiger partial charge in [-0.1, -0.05) is 5.16 Å². The van der Waals surface area contributed by atoms with Crippen LogP contribution in [0.4, 0.5) is 5.69 Å². The molecular weight excluding hydrogens is 256 g/mol. The van der Waals surface area contributed by atoms with Crippen LogP contribution in [0.5, 0.6) is 0 Å². The molecule has 2 aromatic rings. The predicted octanol–water partition coefficient (Wildman–Crippen LogP) is 2.22. The molecule has 0 spiro atoms. The molecule has 0 fully saturated rings. The maximum Gasteiger partial charge on any atom is 0.270 e. The van der Waals surface area contributed by atoms with E-state index < -0.39 is 0 Å². The number of hydrogen-bond acceptors (Lipinski definition) is 4. The van der Waals surface area contributed by atoms with Crippen molar-refractivity contribution in [2.75, 3.05) is 12.8 Å². The lowest BCUT2D eigenvalue weighted by Crippen LogP contribution is -2.28. The first kappa shape index (κ1) is 14.2. The minimum absolute atomic E-state index is 0.0870. The minimum Gasteiger partial charge on any atom is -0.397 e. The molecule has 2 N–H and O–H groups in total. The van der Waals surface area contributed by atoms with E-state index in [0.29, 0.717) is 17.9 Å². The summed E-state index contributed by atoms with van der Waals surface area (Å²) in [7, 11) is 1.74. The minimum atomic E-state index is -0.0870. The van der Waals surface area contributed by atoms with Crippen LogP contribution in [-0.2, 0) is 6.54 Å². The Kier molecular flexibility index (Phi) is 3.83. The molecule has 0 saturated carbocycles. The number of nitrogens with two attached hydrogens (primary N) is 1. The first-order valence-corrected chi connectivity index (χ1v) is 6.53. The van der Waals surface area contributed by atoms with E-state index in [9.17, 15) is 4.79 Å². The third kappa shape index (κ3) is 2.84. The maximum absolute atomic E-state index is 12.5. The van der Waals surface area contributed by atoms with Crippen LogP contribution in [0.15, 0.2) is 22.9 Å². The Morgan fingerprint density at radius 2 is 2.20 bits per heavy atom. The molecule has 108 valence electrons. The van der Waals surface area contributed by atoms with Crippen molar-refractivity contribution in [1.82, 2.24) is 14.6 Å². The molecule has 2 rings (SSSR count). The Balaban J connectivity index is 2.18. The molecule has 0 aliphatic carbocycles. The van der Waals surface area contributed by atoms with E-state index in [1.807, 2.05) is 31.4 Å². The number of hydrogen-bond donors (Lipinski definition) is 1. The van der Waals surface area contributed by atoms with Crippen molar-refractivity contribution in [3.05, 3.63) is 35.5 Å². The number of anilines is 1. The number of nitrogen functional groups attached to an aromatic ring is 1. The number of rotatable bonds is 4. The molecule has 0 aliphatic rings. The van der Waals surface area contributed by atoms with E-state index in [1.54, 1.807) is 24.2 Å². The molecular formula is C14H20N4O2. The van der Waals surface area contributed by atoms with Crippen molar-refractivity contribution in [3.63, 3.8) is 0 Å². The van der Waals surface area contributed by atoms with Crippen molar-refractivity contribution < 1.29 is 9.32 Å². The fraction of sp³-hybridized carbons (Fsp3) is 0.429. The first-order valence-electron chi connectivity index (χ1n) is 6.53. The Hall–Kier alpha value is -2.24. The number of carbonyl (C=O) groups is 1. The van der Waals surface area contributed by atoms with E-state index >= 15 is 0 Å². The van der Waals surface area contributed by atoms with Crippen LogP contribution in [0.3, 0.4) is 0 Å². The fourth-order valence-electron chi connectivity index (χ4n) is 2.10. The van der Waals surface area contributed by atoms with Gasteiger partial charge in [-0.3, -0.25) is 4.79 Å². The summed E-state index contributed by atoms with van der Waals surface area (Å²) in [5, 5.41) is 3.89. The van der Waals surface area contributed by atoms with Crippen LogP contribution in [0, 0.1) is 6.92 Å². The molecule has 0 saturated heterocycles. The molecule has 2 heterocycles. The second-order valence-corrected chi connectivity index (χ2v) is 5.25. The average Bonchev–Trinajstić information content (AvgIpc) is 2.94. The van der Waals surface area contributed by atoms with Crippen LogP contribution in [0.1, 0.15) is 41.8 Å². The van der Waals surface area contributed by atoms with Gasteiger partial charge < -0.3 is 19.7 Å². The summed E-state index contributed by atoms with van der Waals surface area (Å²) in [4.78, 5) is 14.1. The highest BCUT2D eigenvalue weighted by molar-refractivity contribution is 5.93. The molecule has 6 heteroatoms. The zero-order valence-electron chi connectivity index (χ0n) is 12.3. The van der Waals surface area contributed by atoms with Crippen molar-refractivity contribution >= 4 is 11.6 Å². The SMILES string of the molecule is Cc1cc(CN(C)C(=O)c2cc(N)cn2C(C)C)no1. The topological polar surface area (TPSA) is 77.3 Å². The summed E-state index contributed by atoms with van der Waals surface area (Å²) in [6.45, 7) is 6.25. The molecule has 0 aliphatic heterocycles. The molecule has 0 atom stereocenters. The maximum atomic E-state index is 12.5. The number of aryl methyl sites for hydroxylation is 1. The number of amides is 1. The standard InChI is InChI=1S/C14H20N4O2/c1-9(2)18-7-11(15)6-13(18)14(19)17(4)8-12-5-10(3)20-16-12/h5-7,9H,8,15H2,1-4H3. The third-order valence-electron chi connectivity index (χ3n) is 3.07. The molecule has 20 heavy (non-hydrogen) atoms. The van der Waals surface area contributed by atoms with Crippen LogP contribution in [0.2, 0.25) is 0 Å². The van der Waals surface area contributed by atoms with E-state index in [4.69, 9.17) is 10.3 Å². The number of aromatic nitrogens is 2. The van der Waals surface area contributed by atoms with Crippen molar-refractivity contribution in [2.24, 2.45) is 0 Å². The second-order valence-electron chi connectivity index (χ2n) is 5.25. The highest BCUT2D eigenvalue weighted by Gasteiger charge is 2.19. The molecule has 0 unspecified atom stereocenters. The van der Waals surface area contributed by atoms with Gasteiger partial charge in [0.15, 0.2) is 0 Å². The largest absolute Gasteiger partial charge is 0.397 e. The second kappa shape index (κ2) is 5.40. The van der Waals surface area contributed by atoms with Crippen LogP contribution < -0.4 is 5.73 Å². The van der Waals surface area contributed by atoms with E-state index in [0.717, 1.165) is 11.5 Å². The van der Waals surface area contributed by atoms with Crippen molar-refractivity contribution in [3.8, 4) is 0 Å². The lowest BCUT2D eigenvalue weighted by molar-refractivity contribution is 0.0770. The highest BCUT2D eigenvalue weighted by Crippen LogP contribution is 2.18. The van der Waals surface area contributed by atoms with E-state index in [-0.39, 0.29) is 11.9 Å². The predicted molar refractivity (Wildman–Crippen MR) is 76.3 cm³/mol. The Morgan fingerprint density at radius 1 is 1.50 bits per heavy atom. The molecule has 0 bridgehead atoms. The van der Waals surface area contributed by atoms with Gasteiger partial charge in [0.1, 0.15) is 17.1 Å². The smallest absolute Gasteiger partial charge is 0.270 e. The van der Waals surface area contributed by atoms with Gasteiger partial charge in [-0.05, 0) is 26.8 Å². The number of nitrogens with zero attached hydrogens (tertiary/aromatic N) is 3. The van der Waals surface area contributed by atoms with Gasteiger partial charge in [0.25, 0.3) is 5.91 Å². The monoisotopic (exact) mass is 276 g/mol. The van der Waals surface area contributed by atoms with Crippen LogP contribution in [-0.4, -0.2) is 27.6 Å². The normalized spacial score (nSPS) is 11.1. The highest BCUT2D eigenvalue weighted by atomic mass is 16.5. The molecule has 0 radical (unpaired) electrons. The Bertz CT molecular complexity index is 612. The zero-order chi connectivity index (χ0) is 14.9. The van der Waals surface area contributed by atoms with Gasteiger partial charge in [0, 0.05) is 25.4 Å². The van der Waals surface area contributed by atoms with Gasteiger partial charge >= 0.3 is 0 Å². The van der Waals surface area contributed by atoms with Gasteiger partial charge in [-0.2, -0.15) is 0 Å². The summed E-state index contributed by atoms with van der Waals surface area (Å²) < 4.78 is 6.88. The van der Waals surface area contributed by atoms with Crippen molar-refractivity contribution in [1.29, 1.82) is 0 Å². The molecule has 0 aromatic carbocycles. The Morgan fingerprint density at radius 3 is 2.75 bits per heavy atom. The first-order chi connectivity index (χ1) is 9.38. The number of carbonyl (C=O) groups excluding carboxylic acids is 1. The fourth-order valence-corrected chi connectivity index (χ4v) is 2.10. The lowest BCUT2D eigenvalue weighted by atomic mass is 10.3. The summed E-state index contributed by atoms with van der Waals surface area (Å²) in [5.74, 6) is 0.645. The van der Waals surface area contributed by atoms with Gasteiger partial charge in [-0.15, -0.1) is 0 Å². The summed E-state index contributed by atoms with van der Waals surface area (Å²) in [5.41, 5.74) is 7.70. The quantitative estimate of drug-likeness (QED) is 0.928. The van der Waals surface area contributed by atoms with Gasteiger partial charge in [-0.25, -0.2) is 0 Å². The van der Waals surface area contributed by atoms with Gasteiger partial charge in [0.05, 0.1) is 12.2 Å². The molecule has 2 aromatic heterocycles. The summed E-state index contributed by atoms with van der Waals surface area (Å²) in [6, 6.07) is 3.70.